The molecule has 6 rings (SSSR count). The molecule has 45 heavy (non-hydrogen) atoms. The number of nitrogens with zero attached hydrogens (tertiary/aromatic N) is 4. The quantitative estimate of drug-likeness (QED) is 0.171. The molecule has 0 amide bonds. The zero-order chi connectivity index (χ0) is 31.6. The minimum atomic E-state index is -0.973. The molecule has 0 aliphatic carbocycles. The van der Waals surface area contributed by atoms with Crippen LogP contribution in [0.5, 0.6) is 0 Å². The predicted molar refractivity (Wildman–Crippen MR) is 173 cm³/mol. The first-order chi connectivity index (χ1) is 21.7. The van der Waals surface area contributed by atoms with E-state index in [-0.39, 0.29) is 5.82 Å². The zero-order valence-corrected chi connectivity index (χ0v) is 25.5. The summed E-state index contributed by atoms with van der Waals surface area (Å²) >= 11 is 0. The molecule has 0 radical (unpaired) electrons. The average Bonchev–Trinajstić information content (AvgIpc) is 3.68. The highest BCUT2D eigenvalue weighted by Gasteiger charge is 2.39. The average molecular weight is 599 g/mol. The lowest BCUT2D eigenvalue weighted by molar-refractivity contribution is -0.144. The Morgan fingerprint density at radius 1 is 0.778 bits per heavy atom. The molecule has 0 aliphatic rings. The van der Waals surface area contributed by atoms with Crippen LogP contribution < -0.4 is 0 Å². The van der Waals surface area contributed by atoms with Crippen molar-refractivity contribution < 1.29 is 14.3 Å². The lowest BCUT2D eigenvalue weighted by atomic mass is 9.77. The van der Waals surface area contributed by atoms with Crippen molar-refractivity contribution in [2.45, 2.75) is 38.8 Å². The van der Waals surface area contributed by atoms with E-state index < -0.39 is 23.0 Å². The number of rotatable bonds is 9. The summed E-state index contributed by atoms with van der Waals surface area (Å²) in [6.07, 6.45) is 4.18. The van der Waals surface area contributed by atoms with Crippen molar-refractivity contribution in [2.75, 3.05) is 0 Å². The second kappa shape index (κ2) is 12.0. The summed E-state index contributed by atoms with van der Waals surface area (Å²) in [5.41, 5.74) is 4.54. The van der Waals surface area contributed by atoms with Gasteiger partial charge in [0.15, 0.2) is 6.04 Å². The zero-order valence-electron chi connectivity index (χ0n) is 25.5. The van der Waals surface area contributed by atoms with Crippen molar-refractivity contribution >= 4 is 5.97 Å². The highest BCUT2D eigenvalue weighted by atomic mass is 19.1. The summed E-state index contributed by atoms with van der Waals surface area (Å²) in [6, 6.07) is 38.2. The summed E-state index contributed by atoms with van der Waals surface area (Å²) in [4.78, 5) is 17.5. The fourth-order valence-electron chi connectivity index (χ4n) is 6.19. The van der Waals surface area contributed by atoms with Crippen LogP contribution in [0.3, 0.4) is 0 Å². The number of carboxylic acids is 1. The van der Waals surface area contributed by atoms with Gasteiger partial charge in [-0.1, -0.05) is 124 Å². The van der Waals surface area contributed by atoms with Crippen LogP contribution in [0.25, 0.3) is 11.4 Å². The van der Waals surface area contributed by atoms with Crippen LogP contribution in [0.15, 0.2) is 134 Å². The Hall–Kier alpha value is -5.30. The van der Waals surface area contributed by atoms with Crippen LogP contribution in [0.2, 0.25) is 0 Å². The number of benzene rings is 4. The number of imidazole rings is 1. The summed E-state index contributed by atoms with van der Waals surface area (Å²) < 4.78 is 17.4. The standard InChI is InChI=1S/C38H35FN4O2/c1-37(2,3)35(36(44)45)43-32(23-27-19-21-31(39)22-20-27)24-33(41-43)34-25-42(26-40-34)38(28-13-7-4-8-14-28,29-15-9-5-10-16-29)30-17-11-6-12-18-30/h4-22,24-26,35H,23H2,1-3H3,(H,44,45). The number of aromatic nitrogens is 4. The van der Waals surface area contributed by atoms with Gasteiger partial charge in [-0.3, -0.25) is 4.68 Å². The normalized spacial score (nSPS) is 12.6. The maximum absolute atomic E-state index is 13.7. The molecule has 2 heterocycles. The molecular weight excluding hydrogens is 563 g/mol. The minimum absolute atomic E-state index is 0.324. The highest BCUT2D eigenvalue weighted by molar-refractivity contribution is 5.73. The van der Waals surface area contributed by atoms with E-state index in [2.05, 4.69) is 41.0 Å². The molecule has 4 aromatic carbocycles. The van der Waals surface area contributed by atoms with Crippen molar-refractivity contribution in [3.8, 4) is 11.4 Å². The molecule has 1 atom stereocenters. The lowest BCUT2D eigenvalue weighted by Gasteiger charge is -2.37. The van der Waals surface area contributed by atoms with Gasteiger partial charge in [-0.05, 0) is 45.9 Å². The van der Waals surface area contributed by atoms with Crippen molar-refractivity contribution in [2.24, 2.45) is 5.41 Å². The van der Waals surface area contributed by atoms with Crippen molar-refractivity contribution in [3.63, 3.8) is 0 Å². The van der Waals surface area contributed by atoms with Gasteiger partial charge in [0.2, 0.25) is 0 Å². The van der Waals surface area contributed by atoms with Gasteiger partial charge in [0, 0.05) is 18.3 Å². The minimum Gasteiger partial charge on any atom is -0.480 e. The van der Waals surface area contributed by atoms with Crippen molar-refractivity contribution in [1.29, 1.82) is 0 Å². The fraction of sp³-hybridized carbons (Fsp3) is 0.184. The Morgan fingerprint density at radius 2 is 1.29 bits per heavy atom. The van der Waals surface area contributed by atoms with Crippen molar-refractivity contribution in [1.82, 2.24) is 19.3 Å². The van der Waals surface area contributed by atoms with Crippen molar-refractivity contribution in [3.05, 3.63) is 168 Å². The van der Waals surface area contributed by atoms with Crippen LogP contribution in [0, 0.1) is 11.2 Å². The van der Waals surface area contributed by atoms with Gasteiger partial charge < -0.3 is 9.67 Å². The molecule has 6 aromatic rings. The van der Waals surface area contributed by atoms with Crippen LogP contribution in [-0.4, -0.2) is 30.4 Å². The van der Waals surface area contributed by atoms with Gasteiger partial charge in [0.05, 0.1) is 6.33 Å². The molecule has 0 fully saturated rings. The highest BCUT2D eigenvalue weighted by Crippen LogP contribution is 2.41. The number of carboxylic acid groups (broad SMARTS) is 1. The maximum atomic E-state index is 13.7. The summed E-state index contributed by atoms with van der Waals surface area (Å²) in [6.45, 7) is 5.66. The van der Waals surface area contributed by atoms with Gasteiger partial charge in [0.25, 0.3) is 0 Å². The number of hydrogen-bond acceptors (Lipinski definition) is 3. The summed E-state index contributed by atoms with van der Waals surface area (Å²) in [5.74, 6) is -1.30. The second-order valence-electron chi connectivity index (χ2n) is 12.4. The molecule has 0 bridgehead atoms. The molecule has 2 aromatic heterocycles. The Labute approximate surface area is 262 Å². The largest absolute Gasteiger partial charge is 0.480 e. The number of hydrogen-bond donors (Lipinski definition) is 1. The first-order valence-corrected chi connectivity index (χ1v) is 14.9. The molecule has 7 heteroatoms. The number of halogens is 1. The molecular formula is C38H35FN4O2. The van der Waals surface area contributed by atoms with E-state index in [0.29, 0.717) is 23.5 Å². The van der Waals surface area contributed by atoms with Gasteiger partial charge in [-0.25, -0.2) is 14.2 Å². The number of carbonyl (C=O) groups is 1. The van der Waals surface area contributed by atoms with Crippen LogP contribution in [-0.2, 0) is 16.8 Å². The van der Waals surface area contributed by atoms with E-state index in [4.69, 9.17) is 10.1 Å². The first kappa shape index (κ1) is 29.8. The first-order valence-electron chi connectivity index (χ1n) is 14.9. The molecule has 0 aliphatic heterocycles. The molecule has 1 N–H and O–H groups in total. The van der Waals surface area contributed by atoms with Crippen LogP contribution in [0.1, 0.15) is 54.8 Å². The number of aliphatic carboxylic acids is 1. The van der Waals surface area contributed by atoms with Crippen LogP contribution >= 0.6 is 0 Å². The molecule has 0 saturated carbocycles. The summed E-state index contributed by atoms with van der Waals surface area (Å²) in [5, 5.41) is 15.2. The molecule has 0 spiro atoms. The fourth-order valence-corrected chi connectivity index (χ4v) is 6.19. The summed E-state index contributed by atoms with van der Waals surface area (Å²) in [7, 11) is 0. The smallest absolute Gasteiger partial charge is 0.329 e. The van der Waals surface area contributed by atoms with Gasteiger partial charge in [0.1, 0.15) is 22.7 Å². The van der Waals surface area contributed by atoms with E-state index in [1.807, 2.05) is 94.0 Å². The van der Waals surface area contributed by atoms with Crippen LogP contribution in [0.4, 0.5) is 4.39 Å². The third-order valence-electron chi connectivity index (χ3n) is 8.22. The van der Waals surface area contributed by atoms with E-state index >= 15 is 0 Å². The maximum Gasteiger partial charge on any atom is 0.329 e. The Kier molecular flexibility index (Phi) is 7.94. The Morgan fingerprint density at radius 3 is 1.76 bits per heavy atom. The second-order valence-corrected chi connectivity index (χ2v) is 12.4. The van der Waals surface area contributed by atoms with E-state index in [0.717, 1.165) is 22.3 Å². The predicted octanol–water partition coefficient (Wildman–Crippen LogP) is 7.99. The van der Waals surface area contributed by atoms with E-state index in [9.17, 15) is 14.3 Å². The lowest BCUT2D eigenvalue weighted by Crippen LogP contribution is -2.36. The molecule has 0 saturated heterocycles. The SMILES string of the molecule is CC(C)(C)C(C(=O)O)n1nc(-c2cn(C(c3ccccc3)(c3ccccc3)c3ccccc3)cn2)cc1Cc1ccc(F)cc1. The van der Waals surface area contributed by atoms with E-state index in [1.165, 1.54) is 12.1 Å². The Bertz CT molecular complexity index is 1790. The van der Waals surface area contributed by atoms with Gasteiger partial charge >= 0.3 is 5.97 Å². The Balaban J connectivity index is 1.54. The molecule has 226 valence electrons. The molecule has 6 nitrogen and oxygen atoms in total. The van der Waals surface area contributed by atoms with Gasteiger partial charge in [-0.2, -0.15) is 5.10 Å². The topological polar surface area (TPSA) is 72.9 Å². The molecule has 1 unspecified atom stereocenters. The monoisotopic (exact) mass is 598 g/mol. The van der Waals surface area contributed by atoms with E-state index in [1.54, 1.807) is 16.8 Å². The van der Waals surface area contributed by atoms with Gasteiger partial charge in [-0.15, -0.1) is 0 Å². The third kappa shape index (κ3) is 5.69. The third-order valence-corrected chi connectivity index (χ3v) is 8.22.